The number of para-hydroxylation sites is 1. The summed E-state index contributed by atoms with van der Waals surface area (Å²) in [7, 11) is 1.73. The predicted molar refractivity (Wildman–Crippen MR) is 76.8 cm³/mol. The number of nitrogens with zero attached hydrogens (tertiary/aromatic N) is 1. The zero-order valence-corrected chi connectivity index (χ0v) is 11.0. The van der Waals surface area contributed by atoms with Gasteiger partial charge in [-0.1, -0.05) is 48.5 Å². The van der Waals surface area contributed by atoms with Crippen molar-refractivity contribution in [3.8, 4) is 0 Å². The number of methoxy groups -OCH3 is 1. The van der Waals surface area contributed by atoms with E-state index in [9.17, 15) is 0 Å². The van der Waals surface area contributed by atoms with E-state index in [2.05, 4.69) is 46.8 Å². The van der Waals surface area contributed by atoms with Crippen LogP contribution in [0.1, 0.15) is 17.4 Å². The highest BCUT2D eigenvalue weighted by Gasteiger charge is 2.21. The van der Waals surface area contributed by atoms with Crippen molar-refractivity contribution in [2.75, 3.05) is 18.7 Å². The average molecular weight is 254 g/mol. The van der Waals surface area contributed by atoms with Gasteiger partial charge in [0.05, 0.1) is 5.69 Å². The molecule has 1 heterocycles. The lowest BCUT2D eigenvalue weighted by Crippen LogP contribution is -2.40. The Morgan fingerprint density at radius 1 is 1.05 bits per heavy atom. The molecule has 1 N–H and O–H groups in total. The summed E-state index contributed by atoms with van der Waals surface area (Å²) in [5.41, 5.74) is 7.22. The van der Waals surface area contributed by atoms with E-state index in [0.29, 0.717) is 0 Å². The molecule has 19 heavy (non-hydrogen) atoms. The SMILES string of the molecule is COC(NN1CCc2ccccc21)c1ccccc1. The fourth-order valence-corrected chi connectivity index (χ4v) is 2.51. The molecule has 1 atom stereocenters. The number of anilines is 1. The maximum Gasteiger partial charge on any atom is 0.150 e. The van der Waals surface area contributed by atoms with Crippen molar-refractivity contribution < 1.29 is 4.74 Å². The van der Waals surface area contributed by atoms with Crippen LogP contribution in [0.25, 0.3) is 0 Å². The summed E-state index contributed by atoms with van der Waals surface area (Å²) in [6, 6.07) is 18.7. The second kappa shape index (κ2) is 5.43. The molecular formula is C16H18N2O. The van der Waals surface area contributed by atoms with Gasteiger partial charge in [-0.3, -0.25) is 0 Å². The summed E-state index contributed by atoms with van der Waals surface area (Å²) in [6.07, 6.45) is 0.960. The number of fused-ring (bicyclic) bond motifs is 1. The molecule has 0 spiro atoms. The monoisotopic (exact) mass is 254 g/mol. The molecule has 3 nitrogen and oxygen atoms in total. The van der Waals surface area contributed by atoms with Gasteiger partial charge in [0.2, 0.25) is 0 Å². The van der Waals surface area contributed by atoms with Crippen LogP contribution in [0, 0.1) is 0 Å². The fourth-order valence-electron chi connectivity index (χ4n) is 2.51. The number of rotatable bonds is 4. The normalized spacial score (nSPS) is 15.3. The zero-order chi connectivity index (χ0) is 13.1. The van der Waals surface area contributed by atoms with Gasteiger partial charge in [-0.25, -0.2) is 5.43 Å². The molecule has 1 unspecified atom stereocenters. The molecule has 0 saturated carbocycles. The van der Waals surface area contributed by atoms with Gasteiger partial charge in [0, 0.05) is 13.7 Å². The van der Waals surface area contributed by atoms with E-state index in [1.165, 1.54) is 11.3 Å². The Morgan fingerprint density at radius 3 is 2.58 bits per heavy atom. The van der Waals surface area contributed by atoms with Gasteiger partial charge in [0.25, 0.3) is 0 Å². The first-order valence-corrected chi connectivity index (χ1v) is 6.58. The van der Waals surface area contributed by atoms with Crippen LogP contribution in [0.3, 0.4) is 0 Å². The third kappa shape index (κ3) is 2.48. The average Bonchev–Trinajstić information content (AvgIpc) is 2.89. The number of ether oxygens (including phenoxy) is 1. The van der Waals surface area contributed by atoms with Crippen LogP contribution >= 0.6 is 0 Å². The van der Waals surface area contributed by atoms with Gasteiger partial charge in [-0.2, -0.15) is 0 Å². The van der Waals surface area contributed by atoms with Crippen LogP contribution in [0.4, 0.5) is 5.69 Å². The smallest absolute Gasteiger partial charge is 0.150 e. The van der Waals surface area contributed by atoms with Crippen molar-refractivity contribution in [2.24, 2.45) is 0 Å². The van der Waals surface area contributed by atoms with E-state index >= 15 is 0 Å². The highest BCUT2D eigenvalue weighted by molar-refractivity contribution is 5.56. The first kappa shape index (κ1) is 12.2. The zero-order valence-electron chi connectivity index (χ0n) is 11.0. The van der Waals surface area contributed by atoms with E-state index in [-0.39, 0.29) is 6.23 Å². The summed E-state index contributed by atoms with van der Waals surface area (Å²) in [6.45, 7) is 0.978. The molecule has 2 aromatic carbocycles. The minimum Gasteiger partial charge on any atom is -0.361 e. The van der Waals surface area contributed by atoms with Gasteiger partial charge < -0.3 is 9.75 Å². The highest BCUT2D eigenvalue weighted by atomic mass is 16.5. The molecule has 98 valence electrons. The van der Waals surface area contributed by atoms with Gasteiger partial charge >= 0.3 is 0 Å². The van der Waals surface area contributed by atoms with Gasteiger partial charge in [0.1, 0.15) is 6.23 Å². The van der Waals surface area contributed by atoms with Crippen molar-refractivity contribution in [1.29, 1.82) is 0 Å². The quantitative estimate of drug-likeness (QED) is 0.849. The standard InChI is InChI=1S/C16H18N2O/c1-19-16(14-8-3-2-4-9-14)17-18-12-11-13-7-5-6-10-15(13)18/h2-10,16-17H,11-12H2,1H3. The predicted octanol–water partition coefficient (Wildman–Crippen LogP) is 2.90. The number of hydrazine groups is 1. The number of hydrogen-bond acceptors (Lipinski definition) is 3. The molecule has 0 saturated heterocycles. The Balaban J connectivity index is 1.78. The van der Waals surface area contributed by atoms with Crippen LogP contribution in [0.2, 0.25) is 0 Å². The van der Waals surface area contributed by atoms with Crippen LogP contribution in [-0.2, 0) is 11.2 Å². The highest BCUT2D eigenvalue weighted by Crippen LogP contribution is 2.27. The molecular weight excluding hydrogens is 236 g/mol. The summed E-state index contributed by atoms with van der Waals surface area (Å²) in [4.78, 5) is 0. The van der Waals surface area contributed by atoms with Crippen LogP contribution in [0.15, 0.2) is 54.6 Å². The largest absolute Gasteiger partial charge is 0.361 e. The molecule has 0 aliphatic carbocycles. The molecule has 0 fully saturated rings. The first-order chi connectivity index (χ1) is 9.38. The third-order valence-corrected chi connectivity index (χ3v) is 3.50. The Kier molecular flexibility index (Phi) is 3.49. The number of nitrogens with one attached hydrogen (secondary N) is 1. The maximum absolute atomic E-state index is 5.56. The molecule has 0 radical (unpaired) electrons. The number of hydrogen-bond donors (Lipinski definition) is 1. The van der Waals surface area contributed by atoms with Crippen LogP contribution in [-0.4, -0.2) is 13.7 Å². The molecule has 0 amide bonds. The minimum atomic E-state index is -0.118. The molecule has 3 rings (SSSR count). The molecule has 0 aromatic heterocycles. The second-order valence-electron chi connectivity index (χ2n) is 4.69. The Bertz CT molecular complexity index is 541. The van der Waals surface area contributed by atoms with Crippen LogP contribution < -0.4 is 10.4 Å². The molecule has 3 heteroatoms. The van der Waals surface area contributed by atoms with E-state index in [4.69, 9.17) is 4.74 Å². The van der Waals surface area contributed by atoms with Crippen molar-refractivity contribution in [3.63, 3.8) is 0 Å². The lowest BCUT2D eigenvalue weighted by Gasteiger charge is -2.27. The summed E-state index contributed by atoms with van der Waals surface area (Å²) in [5, 5.41) is 2.18. The van der Waals surface area contributed by atoms with Gasteiger partial charge in [0.15, 0.2) is 0 Å². The summed E-state index contributed by atoms with van der Waals surface area (Å²) in [5.74, 6) is 0. The van der Waals surface area contributed by atoms with Crippen molar-refractivity contribution in [3.05, 3.63) is 65.7 Å². The molecule has 0 bridgehead atoms. The molecule has 1 aliphatic heterocycles. The van der Waals surface area contributed by atoms with E-state index < -0.39 is 0 Å². The second-order valence-corrected chi connectivity index (χ2v) is 4.69. The van der Waals surface area contributed by atoms with E-state index in [0.717, 1.165) is 18.5 Å². The molecule has 1 aliphatic rings. The van der Waals surface area contributed by atoms with E-state index in [1.54, 1.807) is 7.11 Å². The van der Waals surface area contributed by atoms with Crippen LogP contribution in [0.5, 0.6) is 0 Å². The lowest BCUT2D eigenvalue weighted by molar-refractivity contribution is 0.0713. The first-order valence-electron chi connectivity index (χ1n) is 6.58. The van der Waals surface area contributed by atoms with E-state index in [1.807, 2.05) is 18.2 Å². The van der Waals surface area contributed by atoms with Gasteiger partial charge in [-0.15, -0.1) is 0 Å². The van der Waals surface area contributed by atoms with Crippen molar-refractivity contribution >= 4 is 5.69 Å². The lowest BCUT2D eigenvalue weighted by atomic mass is 10.2. The Labute approximate surface area is 113 Å². The summed E-state index contributed by atoms with van der Waals surface area (Å²) >= 11 is 0. The third-order valence-electron chi connectivity index (χ3n) is 3.50. The van der Waals surface area contributed by atoms with Gasteiger partial charge in [-0.05, 0) is 23.6 Å². The summed E-state index contributed by atoms with van der Waals surface area (Å²) < 4.78 is 5.56. The minimum absolute atomic E-state index is 0.118. The Morgan fingerprint density at radius 2 is 1.79 bits per heavy atom. The fraction of sp³-hybridized carbons (Fsp3) is 0.250. The van der Waals surface area contributed by atoms with Crippen molar-refractivity contribution in [2.45, 2.75) is 12.6 Å². The Hall–Kier alpha value is -1.84. The maximum atomic E-state index is 5.56. The molecule has 2 aromatic rings. The number of benzene rings is 2. The van der Waals surface area contributed by atoms with Crippen molar-refractivity contribution in [1.82, 2.24) is 5.43 Å². The topological polar surface area (TPSA) is 24.5 Å².